The lowest BCUT2D eigenvalue weighted by atomic mass is 9.60. The predicted octanol–water partition coefficient (Wildman–Crippen LogP) is 6.43. The zero-order valence-electron chi connectivity index (χ0n) is 15.2. The molecule has 0 aliphatic heterocycles. The van der Waals surface area contributed by atoms with E-state index >= 15 is 0 Å². The second-order valence-electron chi connectivity index (χ2n) is 8.27. The summed E-state index contributed by atoms with van der Waals surface area (Å²) in [5, 5.41) is 0. The molecule has 1 aliphatic rings. The van der Waals surface area contributed by atoms with Gasteiger partial charge in [0.1, 0.15) is 0 Å². The topological polar surface area (TPSA) is 17.1 Å². The molecule has 126 valence electrons. The number of aldehydes is 1. The van der Waals surface area contributed by atoms with Crippen molar-refractivity contribution in [2.45, 2.75) is 58.3 Å². The lowest BCUT2D eigenvalue weighted by Gasteiger charge is -2.44. The number of hydrogen-bond donors (Lipinski definition) is 0. The highest BCUT2D eigenvalue weighted by Crippen LogP contribution is 2.51. The zero-order valence-corrected chi connectivity index (χ0v) is 17.3. The van der Waals surface area contributed by atoms with Crippen LogP contribution in [0.15, 0.2) is 30.3 Å². The molecule has 0 radical (unpaired) electrons. The minimum absolute atomic E-state index is 0.0740. The monoisotopic (exact) mass is 432 g/mol. The van der Waals surface area contributed by atoms with E-state index in [9.17, 15) is 4.79 Å². The van der Waals surface area contributed by atoms with Gasteiger partial charge in [-0.15, -0.1) is 0 Å². The van der Waals surface area contributed by atoms with Gasteiger partial charge in [0.25, 0.3) is 0 Å². The Morgan fingerprint density at radius 2 is 1.67 bits per heavy atom. The molecular weight excluding hydrogens is 407 g/mol. The Balaban J connectivity index is 2.50. The van der Waals surface area contributed by atoms with Crippen LogP contribution in [-0.2, 0) is 10.8 Å². The maximum Gasteiger partial charge on any atom is 0.150 e. The number of benzene rings is 2. The maximum absolute atomic E-state index is 12.0. The molecule has 0 saturated heterocycles. The molecule has 2 heteroatoms. The van der Waals surface area contributed by atoms with E-state index < -0.39 is 0 Å². The molecule has 0 bridgehead atoms. The van der Waals surface area contributed by atoms with Gasteiger partial charge in [0.2, 0.25) is 0 Å². The Bertz CT molecular complexity index is 815. The summed E-state index contributed by atoms with van der Waals surface area (Å²) in [7, 11) is 0. The number of hydrogen-bond acceptors (Lipinski definition) is 1. The van der Waals surface area contributed by atoms with Crippen LogP contribution in [0.5, 0.6) is 0 Å². The minimum Gasteiger partial charge on any atom is -0.298 e. The minimum atomic E-state index is 0.0740. The van der Waals surface area contributed by atoms with Crippen molar-refractivity contribution < 1.29 is 4.79 Å². The molecule has 2 aromatic rings. The highest BCUT2D eigenvalue weighted by molar-refractivity contribution is 14.1. The normalized spacial score (nSPS) is 18.1. The standard InChI is InChI=1S/C22H25IO/c1-14-12-17-20(22(4,5)11-10-21(17,2)3)19(16(14)13-24)15-8-6-7-9-18(15)23/h6-9,12-13H,10-11H2,1-5H3. The molecule has 0 fully saturated rings. The fraction of sp³-hybridized carbons (Fsp3) is 0.409. The number of fused-ring (bicyclic) bond motifs is 1. The SMILES string of the molecule is Cc1cc2c(c(-c3ccccc3I)c1C=O)C(C)(C)CCC2(C)C. The molecule has 0 amide bonds. The van der Waals surface area contributed by atoms with Gasteiger partial charge in [-0.25, -0.2) is 0 Å². The van der Waals surface area contributed by atoms with Crippen LogP contribution in [0, 0.1) is 10.5 Å². The van der Waals surface area contributed by atoms with Gasteiger partial charge in [-0.2, -0.15) is 0 Å². The number of rotatable bonds is 2. The third-order valence-corrected chi connectivity index (χ3v) is 6.56. The van der Waals surface area contributed by atoms with Crippen molar-refractivity contribution >= 4 is 28.9 Å². The molecular formula is C22H25IO. The van der Waals surface area contributed by atoms with E-state index in [0.717, 1.165) is 29.4 Å². The van der Waals surface area contributed by atoms with Gasteiger partial charge in [-0.1, -0.05) is 52.0 Å². The van der Waals surface area contributed by atoms with Crippen molar-refractivity contribution in [2.24, 2.45) is 0 Å². The van der Waals surface area contributed by atoms with Crippen LogP contribution < -0.4 is 0 Å². The number of carbonyl (C=O) groups is 1. The van der Waals surface area contributed by atoms with Crippen molar-refractivity contribution in [3.05, 3.63) is 56.2 Å². The third kappa shape index (κ3) is 2.73. The summed E-state index contributed by atoms with van der Waals surface area (Å²) in [6, 6.07) is 10.7. The van der Waals surface area contributed by atoms with Crippen LogP contribution in [0.4, 0.5) is 0 Å². The van der Waals surface area contributed by atoms with Crippen LogP contribution in [0.2, 0.25) is 0 Å². The zero-order chi connectivity index (χ0) is 17.7. The van der Waals surface area contributed by atoms with E-state index in [2.05, 4.69) is 87.5 Å². The van der Waals surface area contributed by atoms with Gasteiger partial charge in [0.05, 0.1) is 0 Å². The number of aryl methyl sites for hydroxylation is 1. The molecule has 0 heterocycles. The van der Waals surface area contributed by atoms with E-state index in [1.165, 1.54) is 26.7 Å². The lowest BCUT2D eigenvalue weighted by Crippen LogP contribution is -2.35. The van der Waals surface area contributed by atoms with Crippen molar-refractivity contribution in [1.82, 2.24) is 0 Å². The van der Waals surface area contributed by atoms with Crippen molar-refractivity contribution in [3.8, 4) is 11.1 Å². The average Bonchev–Trinajstić information content (AvgIpc) is 2.51. The predicted molar refractivity (Wildman–Crippen MR) is 110 cm³/mol. The molecule has 0 spiro atoms. The second kappa shape index (κ2) is 5.98. The summed E-state index contributed by atoms with van der Waals surface area (Å²) in [6.07, 6.45) is 3.37. The third-order valence-electron chi connectivity index (χ3n) is 5.62. The Labute approximate surface area is 159 Å². The smallest absolute Gasteiger partial charge is 0.150 e. The Morgan fingerprint density at radius 3 is 2.29 bits per heavy atom. The summed E-state index contributed by atoms with van der Waals surface area (Å²) in [5.41, 5.74) is 7.28. The molecule has 1 aliphatic carbocycles. The van der Waals surface area contributed by atoms with Crippen LogP contribution in [0.1, 0.15) is 67.6 Å². The summed E-state index contributed by atoms with van der Waals surface area (Å²) < 4.78 is 1.20. The highest BCUT2D eigenvalue weighted by atomic mass is 127. The van der Waals surface area contributed by atoms with Gasteiger partial charge < -0.3 is 0 Å². The lowest BCUT2D eigenvalue weighted by molar-refractivity contribution is 0.112. The Hall–Kier alpha value is -1.16. The number of halogens is 1. The van der Waals surface area contributed by atoms with Gasteiger partial charge in [-0.05, 0) is 87.1 Å². The summed E-state index contributed by atoms with van der Waals surface area (Å²) in [5.74, 6) is 0. The summed E-state index contributed by atoms with van der Waals surface area (Å²) in [6.45, 7) is 11.4. The van der Waals surface area contributed by atoms with Crippen LogP contribution >= 0.6 is 22.6 Å². The van der Waals surface area contributed by atoms with Crippen LogP contribution in [-0.4, -0.2) is 6.29 Å². The van der Waals surface area contributed by atoms with E-state index in [-0.39, 0.29) is 10.8 Å². The molecule has 3 rings (SSSR count). The summed E-state index contributed by atoms with van der Waals surface area (Å²) >= 11 is 2.39. The first-order valence-electron chi connectivity index (χ1n) is 8.58. The molecule has 0 atom stereocenters. The fourth-order valence-electron chi connectivity index (χ4n) is 4.05. The largest absolute Gasteiger partial charge is 0.298 e. The first-order valence-corrected chi connectivity index (χ1v) is 9.65. The summed E-state index contributed by atoms with van der Waals surface area (Å²) in [4.78, 5) is 12.0. The average molecular weight is 432 g/mol. The Morgan fingerprint density at radius 1 is 1.04 bits per heavy atom. The highest BCUT2D eigenvalue weighted by Gasteiger charge is 2.40. The van der Waals surface area contributed by atoms with Gasteiger partial charge in [-0.3, -0.25) is 4.79 Å². The molecule has 2 aromatic carbocycles. The van der Waals surface area contributed by atoms with Gasteiger partial charge >= 0.3 is 0 Å². The van der Waals surface area contributed by atoms with Crippen molar-refractivity contribution in [2.75, 3.05) is 0 Å². The van der Waals surface area contributed by atoms with Gasteiger partial charge in [0, 0.05) is 9.13 Å². The quantitative estimate of drug-likeness (QED) is 0.395. The molecule has 24 heavy (non-hydrogen) atoms. The van der Waals surface area contributed by atoms with E-state index in [4.69, 9.17) is 0 Å². The first kappa shape index (κ1) is 17.7. The number of carbonyl (C=O) groups excluding carboxylic acids is 1. The first-order chi connectivity index (χ1) is 11.2. The van der Waals surface area contributed by atoms with Crippen LogP contribution in [0.3, 0.4) is 0 Å². The molecule has 0 aromatic heterocycles. The van der Waals surface area contributed by atoms with E-state index in [0.29, 0.717) is 0 Å². The Kier molecular flexibility index (Phi) is 4.40. The van der Waals surface area contributed by atoms with E-state index in [1.54, 1.807) is 0 Å². The molecule has 0 N–H and O–H groups in total. The molecule has 1 nitrogen and oxygen atoms in total. The maximum atomic E-state index is 12.0. The van der Waals surface area contributed by atoms with Crippen molar-refractivity contribution in [3.63, 3.8) is 0 Å². The van der Waals surface area contributed by atoms with E-state index in [1.807, 2.05) is 0 Å². The fourth-order valence-corrected chi connectivity index (χ4v) is 4.71. The molecule has 0 unspecified atom stereocenters. The van der Waals surface area contributed by atoms with Gasteiger partial charge in [0.15, 0.2) is 6.29 Å². The second-order valence-corrected chi connectivity index (χ2v) is 9.43. The molecule has 0 saturated carbocycles. The van der Waals surface area contributed by atoms with Crippen LogP contribution in [0.25, 0.3) is 11.1 Å². The van der Waals surface area contributed by atoms with Crippen molar-refractivity contribution in [1.29, 1.82) is 0 Å².